The SMILES string of the molecule is NNc1ccc(C(=O)NC2CCOC2)cc1C(F)(F)F. The van der Waals surface area contributed by atoms with Gasteiger partial charge in [0.2, 0.25) is 0 Å². The van der Waals surface area contributed by atoms with Crippen LogP contribution in [-0.2, 0) is 10.9 Å². The zero-order chi connectivity index (χ0) is 14.8. The maximum Gasteiger partial charge on any atom is 0.418 e. The Morgan fingerprint density at radius 2 is 2.15 bits per heavy atom. The number of benzene rings is 1. The van der Waals surface area contributed by atoms with E-state index >= 15 is 0 Å². The number of nitrogens with two attached hydrogens (primary N) is 1. The first-order valence-corrected chi connectivity index (χ1v) is 5.98. The Labute approximate surface area is 113 Å². The van der Waals surface area contributed by atoms with Gasteiger partial charge in [0, 0.05) is 12.2 Å². The van der Waals surface area contributed by atoms with E-state index < -0.39 is 17.6 Å². The zero-order valence-corrected chi connectivity index (χ0v) is 10.5. The van der Waals surface area contributed by atoms with E-state index in [1.165, 1.54) is 6.07 Å². The summed E-state index contributed by atoms with van der Waals surface area (Å²) in [6.07, 6.45) is -3.94. The second-order valence-electron chi connectivity index (χ2n) is 4.44. The number of carbonyl (C=O) groups is 1. The molecule has 0 spiro atoms. The van der Waals surface area contributed by atoms with Crippen molar-refractivity contribution in [2.24, 2.45) is 5.84 Å². The van der Waals surface area contributed by atoms with Gasteiger partial charge in [-0.05, 0) is 24.6 Å². The van der Waals surface area contributed by atoms with E-state index in [0.717, 1.165) is 12.1 Å². The Kier molecular flexibility index (Phi) is 4.15. The number of nitrogen functional groups attached to an aromatic ring is 1. The van der Waals surface area contributed by atoms with Crippen LogP contribution in [0.5, 0.6) is 0 Å². The van der Waals surface area contributed by atoms with E-state index in [1.807, 2.05) is 5.43 Å². The number of hydrazine groups is 1. The van der Waals surface area contributed by atoms with Crippen molar-refractivity contribution >= 4 is 11.6 Å². The summed E-state index contributed by atoms with van der Waals surface area (Å²) in [7, 11) is 0. The van der Waals surface area contributed by atoms with Gasteiger partial charge in [0.1, 0.15) is 0 Å². The maximum absolute atomic E-state index is 12.8. The number of carbonyl (C=O) groups excluding carboxylic acids is 1. The molecule has 1 fully saturated rings. The zero-order valence-electron chi connectivity index (χ0n) is 10.5. The monoisotopic (exact) mass is 289 g/mol. The van der Waals surface area contributed by atoms with Crippen LogP contribution in [0.15, 0.2) is 18.2 Å². The first kappa shape index (κ1) is 14.6. The van der Waals surface area contributed by atoms with Crippen LogP contribution in [0.2, 0.25) is 0 Å². The second kappa shape index (κ2) is 5.68. The lowest BCUT2D eigenvalue weighted by Gasteiger charge is -2.15. The van der Waals surface area contributed by atoms with E-state index in [-0.39, 0.29) is 17.3 Å². The van der Waals surface area contributed by atoms with Gasteiger partial charge < -0.3 is 15.5 Å². The van der Waals surface area contributed by atoms with Crippen LogP contribution in [0.4, 0.5) is 18.9 Å². The molecule has 1 heterocycles. The predicted molar refractivity (Wildman–Crippen MR) is 65.9 cm³/mol. The van der Waals surface area contributed by atoms with Crippen LogP contribution in [0.25, 0.3) is 0 Å². The number of ether oxygens (including phenoxy) is 1. The molecule has 1 amide bonds. The fourth-order valence-electron chi connectivity index (χ4n) is 1.96. The van der Waals surface area contributed by atoms with Crippen molar-refractivity contribution in [1.82, 2.24) is 5.32 Å². The number of alkyl halides is 3. The Hall–Kier alpha value is -1.80. The number of anilines is 1. The molecule has 1 saturated heterocycles. The van der Waals surface area contributed by atoms with Gasteiger partial charge in [-0.1, -0.05) is 0 Å². The highest BCUT2D eigenvalue weighted by Gasteiger charge is 2.34. The minimum atomic E-state index is -4.59. The predicted octanol–water partition coefficient (Wildman–Crippen LogP) is 1.51. The molecule has 0 bridgehead atoms. The summed E-state index contributed by atoms with van der Waals surface area (Å²) in [4.78, 5) is 11.9. The third-order valence-electron chi connectivity index (χ3n) is 3.01. The highest BCUT2D eigenvalue weighted by molar-refractivity contribution is 5.95. The molecule has 2 rings (SSSR count). The molecule has 110 valence electrons. The van der Waals surface area contributed by atoms with Crippen molar-refractivity contribution in [3.05, 3.63) is 29.3 Å². The van der Waals surface area contributed by atoms with Gasteiger partial charge in [-0.3, -0.25) is 10.6 Å². The molecule has 1 atom stereocenters. The Bertz CT molecular complexity index is 499. The first-order chi connectivity index (χ1) is 9.41. The minimum Gasteiger partial charge on any atom is -0.379 e. The third-order valence-corrected chi connectivity index (χ3v) is 3.01. The molecule has 0 aliphatic carbocycles. The molecule has 1 aliphatic heterocycles. The number of amides is 1. The molecule has 4 N–H and O–H groups in total. The number of hydrogen-bond donors (Lipinski definition) is 3. The summed E-state index contributed by atoms with van der Waals surface area (Å²) in [5.74, 6) is 4.48. The van der Waals surface area contributed by atoms with Crippen LogP contribution in [0, 0.1) is 0 Å². The second-order valence-corrected chi connectivity index (χ2v) is 4.44. The normalized spacial score (nSPS) is 18.9. The van der Waals surface area contributed by atoms with Gasteiger partial charge in [-0.2, -0.15) is 13.2 Å². The first-order valence-electron chi connectivity index (χ1n) is 5.98. The van der Waals surface area contributed by atoms with Crippen LogP contribution in [0.3, 0.4) is 0 Å². The third kappa shape index (κ3) is 3.20. The van der Waals surface area contributed by atoms with Crippen LogP contribution in [-0.4, -0.2) is 25.2 Å². The fourth-order valence-corrected chi connectivity index (χ4v) is 1.96. The molecule has 1 aromatic carbocycles. The van der Waals surface area contributed by atoms with Gasteiger partial charge in [0.15, 0.2) is 0 Å². The molecule has 0 radical (unpaired) electrons. The topological polar surface area (TPSA) is 76.4 Å². The van der Waals surface area contributed by atoms with Crippen molar-refractivity contribution in [3.63, 3.8) is 0 Å². The van der Waals surface area contributed by atoms with Gasteiger partial charge >= 0.3 is 6.18 Å². The highest BCUT2D eigenvalue weighted by atomic mass is 19.4. The van der Waals surface area contributed by atoms with Crippen molar-refractivity contribution in [2.75, 3.05) is 18.6 Å². The average Bonchev–Trinajstić information content (AvgIpc) is 2.89. The molecule has 1 aromatic rings. The molecule has 0 aromatic heterocycles. The molecule has 20 heavy (non-hydrogen) atoms. The Morgan fingerprint density at radius 3 is 2.70 bits per heavy atom. The van der Waals surface area contributed by atoms with E-state index in [2.05, 4.69) is 5.32 Å². The Balaban J connectivity index is 2.21. The van der Waals surface area contributed by atoms with Crippen molar-refractivity contribution in [3.8, 4) is 0 Å². The quantitative estimate of drug-likeness (QED) is 0.582. The van der Waals surface area contributed by atoms with Gasteiger partial charge in [0.05, 0.1) is 23.9 Å². The van der Waals surface area contributed by atoms with Crippen molar-refractivity contribution in [1.29, 1.82) is 0 Å². The number of rotatable bonds is 3. The highest BCUT2D eigenvalue weighted by Crippen LogP contribution is 2.35. The standard InChI is InChI=1S/C12H14F3N3O2/c13-12(14,15)9-5-7(1-2-10(9)18-16)11(19)17-8-3-4-20-6-8/h1-2,5,8,18H,3-4,6,16H2,(H,17,19). The van der Waals surface area contributed by atoms with E-state index in [9.17, 15) is 18.0 Å². The summed E-state index contributed by atoms with van der Waals surface area (Å²) < 4.78 is 43.6. The molecule has 1 unspecified atom stereocenters. The van der Waals surface area contributed by atoms with E-state index in [4.69, 9.17) is 10.6 Å². The number of hydrogen-bond acceptors (Lipinski definition) is 4. The average molecular weight is 289 g/mol. The van der Waals surface area contributed by atoms with Crippen LogP contribution in [0.1, 0.15) is 22.3 Å². The van der Waals surface area contributed by atoms with E-state index in [1.54, 1.807) is 0 Å². The lowest BCUT2D eigenvalue weighted by Crippen LogP contribution is -2.35. The fraction of sp³-hybridized carbons (Fsp3) is 0.417. The smallest absolute Gasteiger partial charge is 0.379 e. The van der Waals surface area contributed by atoms with Crippen molar-refractivity contribution < 1.29 is 22.7 Å². The largest absolute Gasteiger partial charge is 0.418 e. The number of nitrogens with one attached hydrogen (secondary N) is 2. The minimum absolute atomic E-state index is 0.0665. The van der Waals surface area contributed by atoms with E-state index in [0.29, 0.717) is 19.6 Å². The van der Waals surface area contributed by atoms with Crippen molar-refractivity contribution in [2.45, 2.75) is 18.6 Å². The summed E-state index contributed by atoms with van der Waals surface area (Å²) in [5, 5.41) is 2.63. The molecular weight excluding hydrogens is 275 g/mol. The van der Waals surface area contributed by atoms with Crippen LogP contribution < -0.4 is 16.6 Å². The summed E-state index contributed by atoms with van der Waals surface area (Å²) in [6.45, 7) is 0.912. The molecule has 0 saturated carbocycles. The van der Waals surface area contributed by atoms with Gasteiger partial charge in [0.25, 0.3) is 5.91 Å². The lowest BCUT2D eigenvalue weighted by atomic mass is 10.1. The summed E-state index contributed by atoms with van der Waals surface area (Å²) in [5.41, 5.74) is 0.647. The van der Waals surface area contributed by atoms with Gasteiger partial charge in [-0.15, -0.1) is 0 Å². The maximum atomic E-state index is 12.8. The number of halogens is 3. The van der Waals surface area contributed by atoms with Gasteiger partial charge in [-0.25, -0.2) is 0 Å². The lowest BCUT2D eigenvalue weighted by molar-refractivity contribution is -0.137. The molecular formula is C12H14F3N3O2. The summed E-state index contributed by atoms with van der Waals surface area (Å²) in [6, 6.07) is 3.03. The Morgan fingerprint density at radius 1 is 1.40 bits per heavy atom. The molecule has 1 aliphatic rings. The van der Waals surface area contributed by atoms with Crippen LogP contribution >= 0.6 is 0 Å². The molecule has 8 heteroatoms. The summed E-state index contributed by atoms with van der Waals surface area (Å²) >= 11 is 0. The molecule has 5 nitrogen and oxygen atoms in total.